The highest BCUT2D eigenvalue weighted by atomic mass is 32.2. The summed E-state index contributed by atoms with van der Waals surface area (Å²) in [6, 6.07) is 12.0. The Hall–Kier alpha value is -1.40. The first kappa shape index (κ1) is 15.0. The molecule has 2 nitrogen and oxygen atoms in total. The third-order valence-corrected chi connectivity index (χ3v) is 4.74. The molecule has 0 aliphatic rings. The molecule has 2 rings (SSSR count). The van der Waals surface area contributed by atoms with Gasteiger partial charge in [-0.25, -0.2) is 0 Å². The maximum atomic E-state index is 12.9. The van der Waals surface area contributed by atoms with E-state index in [4.69, 9.17) is 5.73 Å². The molecule has 2 atom stereocenters. The molecule has 2 N–H and O–H groups in total. The summed E-state index contributed by atoms with van der Waals surface area (Å²) in [4.78, 5) is 0.180. The van der Waals surface area contributed by atoms with Gasteiger partial charge in [-0.3, -0.25) is 4.21 Å². The van der Waals surface area contributed by atoms with Crippen molar-refractivity contribution >= 4 is 21.6 Å². The largest absolute Gasteiger partial charge is 0.403 e. The van der Waals surface area contributed by atoms with E-state index in [1.807, 2.05) is 12.1 Å². The van der Waals surface area contributed by atoms with Crippen LogP contribution in [0.3, 0.4) is 0 Å². The Bertz CT molecular complexity index is 627. The Balaban J connectivity index is 2.38. The van der Waals surface area contributed by atoms with Crippen molar-refractivity contribution in [1.29, 1.82) is 0 Å². The molecular weight excluding hydrogens is 287 g/mol. The maximum Gasteiger partial charge on any atom is 0.403 e. The van der Waals surface area contributed by atoms with Crippen molar-refractivity contribution in [2.24, 2.45) is 5.73 Å². The first-order valence-electron chi connectivity index (χ1n) is 6.09. The molecule has 20 heavy (non-hydrogen) atoms. The number of fused-ring (bicyclic) bond motifs is 1. The lowest BCUT2D eigenvalue weighted by atomic mass is 10.1. The lowest BCUT2D eigenvalue weighted by Crippen LogP contribution is -2.35. The lowest BCUT2D eigenvalue weighted by Gasteiger charge is -2.19. The summed E-state index contributed by atoms with van der Waals surface area (Å²) >= 11 is 0. The van der Waals surface area contributed by atoms with Crippen LogP contribution in [0.5, 0.6) is 0 Å². The first-order chi connectivity index (χ1) is 9.43. The van der Waals surface area contributed by atoms with Gasteiger partial charge in [0.15, 0.2) is 0 Å². The SMILES string of the molecule is NCCC(S(=O)c1ccc2ccccc2c1)C(F)(F)F. The highest BCUT2D eigenvalue weighted by molar-refractivity contribution is 7.85. The van der Waals surface area contributed by atoms with Crippen LogP contribution in [0.25, 0.3) is 10.8 Å². The van der Waals surface area contributed by atoms with E-state index < -0.39 is 22.2 Å². The Morgan fingerprint density at radius 1 is 1.10 bits per heavy atom. The van der Waals surface area contributed by atoms with Gasteiger partial charge in [0, 0.05) is 4.90 Å². The summed E-state index contributed by atoms with van der Waals surface area (Å²) in [6.45, 7) is -0.149. The Kier molecular flexibility index (Phi) is 4.45. The fourth-order valence-electron chi connectivity index (χ4n) is 2.00. The van der Waals surface area contributed by atoms with E-state index >= 15 is 0 Å². The smallest absolute Gasteiger partial charge is 0.330 e. The summed E-state index contributed by atoms with van der Waals surface area (Å²) in [5, 5.41) is -0.253. The topological polar surface area (TPSA) is 43.1 Å². The Labute approximate surface area is 117 Å². The van der Waals surface area contributed by atoms with Crippen LogP contribution in [-0.2, 0) is 10.8 Å². The first-order valence-corrected chi connectivity index (χ1v) is 7.31. The van der Waals surface area contributed by atoms with Crippen LogP contribution in [0.2, 0.25) is 0 Å². The van der Waals surface area contributed by atoms with Gasteiger partial charge in [0.05, 0.1) is 10.8 Å². The van der Waals surface area contributed by atoms with E-state index in [1.54, 1.807) is 24.3 Å². The van der Waals surface area contributed by atoms with E-state index in [0.29, 0.717) is 0 Å². The maximum absolute atomic E-state index is 12.9. The van der Waals surface area contributed by atoms with Crippen LogP contribution in [0.4, 0.5) is 13.2 Å². The normalized spacial score (nSPS) is 15.2. The summed E-state index contributed by atoms with van der Waals surface area (Å²) < 4.78 is 50.9. The highest BCUT2D eigenvalue weighted by Crippen LogP contribution is 2.30. The highest BCUT2D eigenvalue weighted by Gasteiger charge is 2.43. The molecule has 0 aromatic heterocycles. The van der Waals surface area contributed by atoms with Crippen molar-refractivity contribution in [3.05, 3.63) is 42.5 Å². The molecule has 0 heterocycles. The zero-order valence-corrected chi connectivity index (χ0v) is 11.4. The fourth-order valence-corrected chi connectivity index (χ4v) is 3.37. The lowest BCUT2D eigenvalue weighted by molar-refractivity contribution is -0.130. The predicted octanol–water partition coefficient (Wildman–Crippen LogP) is 3.23. The molecule has 2 unspecified atom stereocenters. The predicted molar refractivity (Wildman–Crippen MR) is 73.9 cm³/mol. The van der Waals surface area contributed by atoms with Crippen molar-refractivity contribution in [2.45, 2.75) is 22.7 Å². The number of halogens is 3. The second-order valence-corrected chi connectivity index (χ2v) is 6.05. The Morgan fingerprint density at radius 3 is 2.35 bits per heavy atom. The molecule has 0 fully saturated rings. The zero-order valence-electron chi connectivity index (χ0n) is 10.6. The van der Waals surface area contributed by atoms with Gasteiger partial charge in [-0.2, -0.15) is 13.2 Å². The van der Waals surface area contributed by atoms with Crippen molar-refractivity contribution in [2.75, 3.05) is 6.54 Å². The van der Waals surface area contributed by atoms with Gasteiger partial charge in [-0.15, -0.1) is 0 Å². The van der Waals surface area contributed by atoms with Crippen LogP contribution in [0, 0.1) is 0 Å². The fraction of sp³-hybridized carbons (Fsp3) is 0.286. The minimum Gasteiger partial charge on any atom is -0.330 e. The molecule has 0 amide bonds. The number of nitrogens with two attached hydrogens (primary N) is 1. The molecule has 0 aliphatic heterocycles. The van der Waals surface area contributed by atoms with E-state index in [0.717, 1.165) is 10.8 Å². The second-order valence-electron chi connectivity index (χ2n) is 4.41. The van der Waals surface area contributed by atoms with Crippen molar-refractivity contribution in [3.8, 4) is 0 Å². The molecule has 0 bridgehead atoms. The minimum absolute atomic E-state index is 0.149. The van der Waals surface area contributed by atoms with Crippen LogP contribution >= 0.6 is 0 Å². The number of hydrogen-bond donors (Lipinski definition) is 1. The number of benzene rings is 2. The summed E-state index contributed by atoms with van der Waals surface area (Å²) in [5.41, 5.74) is 5.20. The van der Waals surface area contributed by atoms with Gasteiger partial charge in [-0.05, 0) is 35.9 Å². The molecular formula is C14H14F3NOS. The van der Waals surface area contributed by atoms with Gasteiger partial charge in [-0.1, -0.05) is 30.3 Å². The minimum atomic E-state index is -4.52. The zero-order chi connectivity index (χ0) is 14.8. The number of rotatable bonds is 4. The Morgan fingerprint density at radius 2 is 1.75 bits per heavy atom. The molecule has 0 aliphatic carbocycles. The van der Waals surface area contributed by atoms with Crippen LogP contribution in [-0.4, -0.2) is 22.2 Å². The summed E-state index contributed by atoms with van der Waals surface area (Å²) in [5.74, 6) is 0. The summed E-state index contributed by atoms with van der Waals surface area (Å²) in [7, 11) is -2.15. The molecule has 0 saturated carbocycles. The van der Waals surface area contributed by atoms with Gasteiger partial charge >= 0.3 is 6.18 Å². The monoisotopic (exact) mass is 301 g/mol. The van der Waals surface area contributed by atoms with Crippen LogP contribution in [0.1, 0.15) is 6.42 Å². The average Bonchev–Trinajstić information content (AvgIpc) is 2.42. The van der Waals surface area contributed by atoms with Gasteiger partial charge in [0.2, 0.25) is 0 Å². The van der Waals surface area contributed by atoms with E-state index in [1.165, 1.54) is 6.07 Å². The number of hydrogen-bond acceptors (Lipinski definition) is 2. The molecule has 0 spiro atoms. The average molecular weight is 301 g/mol. The van der Waals surface area contributed by atoms with Crippen molar-refractivity contribution in [1.82, 2.24) is 0 Å². The molecule has 6 heteroatoms. The molecule has 2 aromatic carbocycles. The summed E-state index contributed by atoms with van der Waals surface area (Å²) in [6.07, 6.45) is -4.86. The van der Waals surface area contributed by atoms with Crippen molar-refractivity contribution < 1.29 is 17.4 Å². The van der Waals surface area contributed by atoms with E-state index in [-0.39, 0.29) is 17.9 Å². The van der Waals surface area contributed by atoms with Crippen LogP contribution < -0.4 is 5.73 Å². The second kappa shape index (κ2) is 5.93. The van der Waals surface area contributed by atoms with Crippen molar-refractivity contribution in [3.63, 3.8) is 0 Å². The van der Waals surface area contributed by atoms with Gasteiger partial charge in [0.1, 0.15) is 5.25 Å². The van der Waals surface area contributed by atoms with E-state index in [9.17, 15) is 17.4 Å². The third kappa shape index (κ3) is 3.19. The quantitative estimate of drug-likeness (QED) is 0.942. The van der Waals surface area contributed by atoms with E-state index in [2.05, 4.69) is 0 Å². The number of alkyl halides is 3. The molecule has 108 valence electrons. The molecule has 2 aromatic rings. The van der Waals surface area contributed by atoms with Gasteiger partial charge in [0.25, 0.3) is 0 Å². The third-order valence-electron chi connectivity index (χ3n) is 3.01. The molecule has 0 saturated heterocycles. The standard InChI is InChI=1S/C14H14F3NOS/c15-14(16,17)13(7-8-18)20(19)12-6-5-10-3-1-2-4-11(10)9-12/h1-6,9,13H,7-8,18H2. The van der Waals surface area contributed by atoms with Gasteiger partial charge < -0.3 is 5.73 Å². The molecule has 0 radical (unpaired) electrons. The van der Waals surface area contributed by atoms with Crippen LogP contribution in [0.15, 0.2) is 47.4 Å².